The van der Waals surface area contributed by atoms with E-state index in [1.54, 1.807) is 21.3 Å². The summed E-state index contributed by atoms with van der Waals surface area (Å²) in [7, 11) is 3.31. The van der Waals surface area contributed by atoms with Crippen LogP contribution in [0.1, 0.15) is 60.3 Å². The maximum absolute atomic E-state index is 10.9. The monoisotopic (exact) mass is 530 g/mol. The van der Waals surface area contributed by atoms with Crippen molar-refractivity contribution in [3.63, 3.8) is 0 Å². The van der Waals surface area contributed by atoms with E-state index in [-0.39, 0.29) is 59.6 Å². The third-order valence-corrected chi connectivity index (χ3v) is 14.3. The van der Waals surface area contributed by atoms with Crippen LogP contribution in [0.2, 0.25) is 18.1 Å². The highest BCUT2D eigenvalue weighted by molar-refractivity contribution is 6.74. The molecule has 1 saturated carbocycles. The summed E-state index contributed by atoms with van der Waals surface area (Å²) < 4.78 is 37.1. The van der Waals surface area contributed by atoms with Crippen molar-refractivity contribution < 1.29 is 33.2 Å². The van der Waals surface area contributed by atoms with Gasteiger partial charge in [0.25, 0.3) is 0 Å². The van der Waals surface area contributed by atoms with Crippen molar-refractivity contribution in [2.24, 2.45) is 23.7 Å². The van der Waals surface area contributed by atoms with Crippen molar-refractivity contribution in [1.82, 2.24) is 0 Å². The highest BCUT2D eigenvalue weighted by Crippen LogP contribution is 2.45. The van der Waals surface area contributed by atoms with Gasteiger partial charge in [-0.1, -0.05) is 34.6 Å². The van der Waals surface area contributed by atoms with Crippen LogP contribution in [0.15, 0.2) is 0 Å². The molecule has 1 aliphatic carbocycles. The molecule has 0 aromatic rings. The molecule has 2 heterocycles. The minimum absolute atomic E-state index is 0.00544. The Balaban J connectivity index is 1.75. The fourth-order valence-corrected chi connectivity index (χ4v) is 7.09. The first kappa shape index (κ1) is 30.5. The standard InChI is InChI=1S/C28H54O7Si/c1-17-13-20(17)22(29)15-19-14-21(25-27(32-8)26(31-7)24(30-6)16-33-25)18(2)23(35-19)11-12-34-36(9,10)28(3,4)5/h17-27,29H,11-16H2,1-10H3/t17-,18-,19?,20-,21+,22+,23+,24-,25+,26+,27+/m1/s1. The second-order valence-electron chi connectivity index (χ2n) is 13.1. The molecule has 212 valence electrons. The molecule has 0 aromatic carbocycles. The zero-order chi connectivity index (χ0) is 26.8. The molecule has 11 atom stereocenters. The lowest BCUT2D eigenvalue weighted by Gasteiger charge is -2.49. The van der Waals surface area contributed by atoms with E-state index in [0.717, 1.165) is 19.3 Å². The van der Waals surface area contributed by atoms with E-state index in [1.807, 2.05) is 0 Å². The van der Waals surface area contributed by atoms with Crippen LogP contribution in [-0.2, 0) is 28.1 Å². The lowest BCUT2D eigenvalue weighted by atomic mass is 9.74. The average Bonchev–Trinajstić information content (AvgIpc) is 3.55. The van der Waals surface area contributed by atoms with E-state index >= 15 is 0 Å². The molecule has 3 fully saturated rings. The number of ether oxygens (including phenoxy) is 5. The van der Waals surface area contributed by atoms with Gasteiger partial charge in [0, 0.05) is 27.9 Å². The Morgan fingerprint density at radius 1 is 1.00 bits per heavy atom. The Hall–Kier alpha value is -0.0631. The maximum atomic E-state index is 10.9. The summed E-state index contributed by atoms with van der Waals surface area (Å²) >= 11 is 0. The lowest BCUT2D eigenvalue weighted by Crippen LogP contribution is -2.60. The van der Waals surface area contributed by atoms with E-state index in [9.17, 15) is 5.11 Å². The zero-order valence-corrected chi connectivity index (χ0v) is 25.5. The minimum atomic E-state index is -1.83. The van der Waals surface area contributed by atoms with Crippen molar-refractivity contribution in [2.45, 2.75) is 121 Å². The Morgan fingerprint density at radius 2 is 1.64 bits per heavy atom. The zero-order valence-electron chi connectivity index (χ0n) is 24.5. The topological polar surface area (TPSA) is 75.6 Å². The van der Waals surface area contributed by atoms with Gasteiger partial charge in [-0.15, -0.1) is 0 Å². The third-order valence-electron chi connectivity index (χ3n) is 9.74. The molecule has 7 nitrogen and oxygen atoms in total. The summed E-state index contributed by atoms with van der Waals surface area (Å²) in [5.74, 6) is 1.51. The second-order valence-corrected chi connectivity index (χ2v) is 17.9. The molecule has 1 unspecified atom stereocenters. The van der Waals surface area contributed by atoms with Gasteiger partial charge in [-0.25, -0.2) is 0 Å². The van der Waals surface area contributed by atoms with Gasteiger partial charge >= 0.3 is 0 Å². The van der Waals surface area contributed by atoms with Gasteiger partial charge in [0.05, 0.1) is 31.0 Å². The Kier molecular flexibility index (Phi) is 10.5. The minimum Gasteiger partial charge on any atom is -0.417 e. The summed E-state index contributed by atoms with van der Waals surface area (Å²) in [6, 6.07) is 0. The summed E-state index contributed by atoms with van der Waals surface area (Å²) in [6.07, 6.45) is 2.52. The number of rotatable bonds is 11. The molecule has 0 radical (unpaired) electrons. The Labute approximate surface area is 221 Å². The van der Waals surface area contributed by atoms with E-state index in [4.69, 9.17) is 28.1 Å². The van der Waals surface area contributed by atoms with Crippen LogP contribution in [-0.4, -0.2) is 90.7 Å². The molecule has 0 aromatic heterocycles. The number of aliphatic hydroxyl groups excluding tert-OH is 1. The lowest BCUT2D eigenvalue weighted by molar-refractivity contribution is -0.243. The first-order chi connectivity index (χ1) is 16.8. The molecule has 0 amide bonds. The van der Waals surface area contributed by atoms with Crippen LogP contribution in [0, 0.1) is 23.7 Å². The van der Waals surface area contributed by atoms with Gasteiger partial charge in [-0.3, -0.25) is 0 Å². The van der Waals surface area contributed by atoms with Gasteiger partial charge in [0.15, 0.2) is 8.32 Å². The maximum Gasteiger partial charge on any atom is 0.191 e. The Morgan fingerprint density at radius 3 is 2.17 bits per heavy atom. The van der Waals surface area contributed by atoms with Crippen LogP contribution in [0.3, 0.4) is 0 Å². The first-order valence-electron chi connectivity index (χ1n) is 14.0. The third kappa shape index (κ3) is 6.92. The quantitative estimate of drug-likeness (QED) is 0.390. The summed E-state index contributed by atoms with van der Waals surface area (Å²) in [5, 5.41) is 11.1. The molecular formula is C28H54O7Si. The van der Waals surface area contributed by atoms with Crippen LogP contribution < -0.4 is 0 Å². The van der Waals surface area contributed by atoms with Crippen LogP contribution in [0.5, 0.6) is 0 Å². The summed E-state index contributed by atoms with van der Waals surface area (Å²) in [4.78, 5) is 0. The fraction of sp³-hybridized carbons (Fsp3) is 1.00. The second kappa shape index (κ2) is 12.4. The average molecular weight is 531 g/mol. The van der Waals surface area contributed by atoms with Gasteiger partial charge in [-0.2, -0.15) is 0 Å². The van der Waals surface area contributed by atoms with Crippen molar-refractivity contribution in [3.05, 3.63) is 0 Å². The molecule has 0 bridgehead atoms. The molecule has 3 rings (SSSR count). The van der Waals surface area contributed by atoms with Crippen LogP contribution in [0.4, 0.5) is 0 Å². The molecule has 3 aliphatic rings. The fourth-order valence-electron chi connectivity index (χ4n) is 6.03. The van der Waals surface area contributed by atoms with Crippen LogP contribution >= 0.6 is 0 Å². The predicted octanol–water partition coefficient (Wildman–Crippen LogP) is 4.66. The largest absolute Gasteiger partial charge is 0.417 e. The van der Waals surface area contributed by atoms with Gasteiger partial charge in [0.2, 0.25) is 0 Å². The van der Waals surface area contributed by atoms with Crippen LogP contribution in [0.25, 0.3) is 0 Å². The SMILES string of the molecule is CO[C@@H]1[C@@H](OC)[C@H](OC)CO[C@H]1[C@H]1CC(C[C@H](O)[C@@H]2C[C@H]2C)O[C@@H](CCO[Si](C)(C)C(C)(C)C)[C@@H]1C. The van der Waals surface area contributed by atoms with E-state index in [1.165, 1.54) is 0 Å². The van der Waals surface area contributed by atoms with Gasteiger partial charge in [-0.05, 0) is 67.5 Å². The Bertz CT molecular complexity index is 683. The molecule has 8 heteroatoms. The molecule has 36 heavy (non-hydrogen) atoms. The van der Waals surface area contributed by atoms with E-state index in [0.29, 0.717) is 31.5 Å². The number of hydrogen-bond donors (Lipinski definition) is 1. The highest BCUT2D eigenvalue weighted by atomic mass is 28.4. The molecule has 2 saturated heterocycles. The van der Waals surface area contributed by atoms with E-state index in [2.05, 4.69) is 47.7 Å². The van der Waals surface area contributed by atoms with Gasteiger partial charge < -0.3 is 33.2 Å². The van der Waals surface area contributed by atoms with Crippen molar-refractivity contribution in [2.75, 3.05) is 34.5 Å². The molecular weight excluding hydrogens is 476 g/mol. The molecule has 2 aliphatic heterocycles. The predicted molar refractivity (Wildman–Crippen MR) is 144 cm³/mol. The number of aliphatic hydroxyl groups is 1. The summed E-state index contributed by atoms with van der Waals surface area (Å²) in [5.41, 5.74) is 0. The van der Waals surface area contributed by atoms with E-state index < -0.39 is 8.32 Å². The van der Waals surface area contributed by atoms with Crippen molar-refractivity contribution >= 4 is 8.32 Å². The highest BCUT2D eigenvalue weighted by Gasteiger charge is 2.50. The van der Waals surface area contributed by atoms with Crippen molar-refractivity contribution in [3.8, 4) is 0 Å². The first-order valence-corrected chi connectivity index (χ1v) is 16.9. The summed E-state index contributed by atoms with van der Waals surface area (Å²) in [6.45, 7) is 17.1. The normalized spacial score (nSPS) is 40.8. The molecule has 1 N–H and O–H groups in total. The number of methoxy groups -OCH3 is 3. The van der Waals surface area contributed by atoms with Crippen molar-refractivity contribution in [1.29, 1.82) is 0 Å². The van der Waals surface area contributed by atoms with Gasteiger partial charge in [0.1, 0.15) is 18.3 Å². The smallest absolute Gasteiger partial charge is 0.191 e. The number of hydrogen-bond acceptors (Lipinski definition) is 7. The molecule has 0 spiro atoms.